The molecule has 0 radical (unpaired) electrons. The third-order valence-electron chi connectivity index (χ3n) is 4.37. The van der Waals surface area contributed by atoms with E-state index in [0.717, 1.165) is 57.7 Å². The van der Waals surface area contributed by atoms with Gasteiger partial charge in [-0.1, -0.05) is 29.8 Å². The van der Waals surface area contributed by atoms with E-state index in [0.29, 0.717) is 5.02 Å². The molecule has 1 N–H and O–H groups in total. The van der Waals surface area contributed by atoms with E-state index in [9.17, 15) is 4.79 Å². The van der Waals surface area contributed by atoms with Gasteiger partial charge in [0.25, 0.3) is 0 Å². The quantitative estimate of drug-likeness (QED) is 0.926. The average Bonchev–Trinajstić information content (AvgIpc) is 3.04. The minimum absolute atomic E-state index is 0.200. The Hall–Kier alpha value is -1.10. The van der Waals surface area contributed by atoms with Crippen molar-refractivity contribution in [2.75, 3.05) is 39.3 Å². The molecular weight excluding hydrogens is 286 g/mol. The summed E-state index contributed by atoms with van der Waals surface area (Å²) in [4.78, 5) is 17.3. The molecule has 3 rings (SSSR count). The average molecular weight is 308 g/mol. The van der Waals surface area contributed by atoms with Crippen molar-refractivity contribution in [2.45, 2.75) is 18.9 Å². The fourth-order valence-corrected chi connectivity index (χ4v) is 3.48. The third kappa shape index (κ3) is 3.23. The predicted octanol–water partition coefficient (Wildman–Crippen LogP) is 1.91. The van der Waals surface area contributed by atoms with Gasteiger partial charge in [0.15, 0.2) is 0 Å². The highest BCUT2D eigenvalue weighted by Gasteiger charge is 2.34. The van der Waals surface area contributed by atoms with Gasteiger partial charge in [0, 0.05) is 31.2 Å². The highest BCUT2D eigenvalue weighted by molar-refractivity contribution is 6.31. The topological polar surface area (TPSA) is 35.6 Å². The van der Waals surface area contributed by atoms with Crippen molar-refractivity contribution in [1.29, 1.82) is 0 Å². The molecule has 0 aromatic heterocycles. The molecule has 1 aromatic carbocycles. The molecular formula is C16H22ClN3O. The van der Waals surface area contributed by atoms with Gasteiger partial charge in [-0.3, -0.25) is 9.69 Å². The summed E-state index contributed by atoms with van der Waals surface area (Å²) in [7, 11) is 0. The molecule has 2 heterocycles. The normalized spacial score (nSPS) is 21.5. The van der Waals surface area contributed by atoms with Gasteiger partial charge in [0.1, 0.15) is 6.04 Å². The Kier molecular flexibility index (Phi) is 4.78. The smallest absolute Gasteiger partial charge is 0.244 e. The van der Waals surface area contributed by atoms with Gasteiger partial charge in [0.2, 0.25) is 5.91 Å². The SMILES string of the molecule is O=C(C(c1ccccc1Cl)N1CCCC1)N1CCNCC1. The first-order valence-corrected chi connectivity index (χ1v) is 8.13. The predicted molar refractivity (Wildman–Crippen MR) is 84.4 cm³/mol. The molecule has 1 aromatic rings. The van der Waals surface area contributed by atoms with Gasteiger partial charge in [-0.25, -0.2) is 0 Å². The Morgan fingerprint density at radius 3 is 2.43 bits per heavy atom. The lowest BCUT2D eigenvalue weighted by atomic mass is 10.0. The Morgan fingerprint density at radius 1 is 1.10 bits per heavy atom. The molecule has 2 saturated heterocycles. The molecule has 1 atom stereocenters. The fraction of sp³-hybridized carbons (Fsp3) is 0.562. The first kappa shape index (κ1) is 14.8. The first-order chi connectivity index (χ1) is 10.3. The molecule has 4 nitrogen and oxygen atoms in total. The van der Waals surface area contributed by atoms with Crippen molar-refractivity contribution in [3.8, 4) is 0 Å². The highest BCUT2D eigenvalue weighted by atomic mass is 35.5. The first-order valence-electron chi connectivity index (χ1n) is 7.75. The van der Waals surface area contributed by atoms with Crippen LogP contribution in [0.3, 0.4) is 0 Å². The van der Waals surface area contributed by atoms with Crippen LogP contribution in [0, 0.1) is 0 Å². The van der Waals surface area contributed by atoms with Crippen LogP contribution in [0.5, 0.6) is 0 Å². The van der Waals surface area contributed by atoms with E-state index >= 15 is 0 Å². The van der Waals surface area contributed by atoms with Crippen LogP contribution in [-0.4, -0.2) is 55.0 Å². The molecule has 2 fully saturated rings. The molecule has 0 saturated carbocycles. The van der Waals surface area contributed by atoms with Crippen LogP contribution in [-0.2, 0) is 4.79 Å². The van der Waals surface area contributed by atoms with E-state index in [4.69, 9.17) is 11.6 Å². The van der Waals surface area contributed by atoms with Crippen molar-refractivity contribution in [3.05, 3.63) is 34.9 Å². The van der Waals surface area contributed by atoms with Gasteiger partial charge >= 0.3 is 0 Å². The summed E-state index contributed by atoms with van der Waals surface area (Å²) in [5, 5.41) is 3.99. The zero-order valence-electron chi connectivity index (χ0n) is 12.2. The lowest BCUT2D eigenvalue weighted by Crippen LogP contribution is -2.50. The number of hydrogen-bond donors (Lipinski definition) is 1. The number of hydrogen-bond acceptors (Lipinski definition) is 3. The fourth-order valence-electron chi connectivity index (χ4n) is 3.24. The van der Waals surface area contributed by atoms with Gasteiger partial charge in [-0.2, -0.15) is 0 Å². The molecule has 1 amide bonds. The largest absolute Gasteiger partial charge is 0.338 e. The Balaban J connectivity index is 1.88. The van der Waals surface area contributed by atoms with Crippen molar-refractivity contribution >= 4 is 17.5 Å². The molecule has 0 bridgehead atoms. The highest BCUT2D eigenvalue weighted by Crippen LogP contribution is 2.31. The lowest BCUT2D eigenvalue weighted by Gasteiger charge is -2.35. The Morgan fingerprint density at radius 2 is 1.76 bits per heavy atom. The second kappa shape index (κ2) is 6.77. The summed E-state index contributed by atoms with van der Waals surface area (Å²) >= 11 is 6.37. The number of nitrogens with zero attached hydrogens (tertiary/aromatic N) is 2. The van der Waals surface area contributed by atoms with Crippen LogP contribution in [0.25, 0.3) is 0 Å². The molecule has 2 aliphatic heterocycles. The number of piperazine rings is 1. The summed E-state index contributed by atoms with van der Waals surface area (Å²) in [6.45, 7) is 5.28. The third-order valence-corrected chi connectivity index (χ3v) is 4.71. The molecule has 0 aliphatic carbocycles. The van der Waals surface area contributed by atoms with E-state index < -0.39 is 0 Å². The van der Waals surface area contributed by atoms with Gasteiger partial charge in [-0.05, 0) is 37.6 Å². The number of nitrogens with one attached hydrogen (secondary N) is 1. The maximum Gasteiger partial charge on any atom is 0.244 e. The summed E-state index contributed by atoms with van der Waals surface area (Å²) in [5.41, 5.74) is 0.949. The van der Waals surface area contributed by atoms with Crippen LogP contribution in [0.1, 0.15) is 24.4 Å². The van der Waals surface area contributed by atoms with E-state index in [1.807, 2.05) is 29.2 Å². The maximum atomic E-state index is 13.0. The number of benzene rings is 1. The molecule has 21 heavy (non-hydrogen) atoms. The zero-order valence-corrected chi connectivity index (χ0v) is 13.0. The second-order valence-corrected chi connectivity index (χ2v) is 6.15. The minimum atomic E-state index is -0.223. The Bertz CT molecular complexity index is 496. The van der Waals surface area contributed by atoms with E-state index in [1.54, 1.807) is 0 Å². The minimum Gasteiger partial charge on any atom is -0.338 e. The van der Waals surface area contributed by atoms with Crippen LogP contribution in [0.4, 0.5) is 0 Å². The van der Waals surface area contributed by atoms with E-state index in [2.05, 4.69) is 10.2 Å². The molecule has 1 unspecified atom stereocenters. The number of carbonyl (C=O) groups is 1. The standard InChI is InChI=1S/C16H22ClN3O/c17-14-6-2-1-5-13(14)15(19-9-3-4-10-19)16(21)20-11-7-18-8-12-20/h1-2,5-6,15,18H,3-4,7-12H2. The van der Waals surface area contributed by atoms with Crippen LogP contribution in [0.15, 0.2) is 24.3 Å². The van der Waals surface area contributed by atoms with Crippen molar-refractivity contribution in [2.24, 2.45) is 0 Å². The van der Waals surface area contributed by atoms with Crippen LogP contribution < -0.4 is 5.32 Å². The van der Waals surface area contributed by atoms with Crippen LogP contribution in [0.2, 0.25) is 5.02 Å². The van der Waals surface area contributed by atoms with Crippen molar-refractivity contribution in [1.82, 2.24) is 15.1 Å². The lowest BCUT2D eigenvalue weighted by molar-refractivity contribution is -0.137. The van der Waals surface area contributed by atoms with Gasteiger partial charge < -0.3 is 10.2 Å². The second-order valence-electron chi connectivity index (χ2n) is 5.74. The summed E-state index contributed by atoms with van der Waals surface area (Å²) in [6, 6.07) is 7.53. The maximum absolute atomic E-state index is 13.0. The van der Waals surface area contributed by atoms with Crippen molar-refractivity contribution in [3.63, 3.8) is 0 Å². The van der Waals surface area contributed by atoms with Gasteiger partial charge in [0.05, 0.1) is 0 Å². The van der Waals surface area contributed by atoms with E-state index in [1.165, 1.54) is 0 Å². The molecule has 0 spiro atoms. The van der Waals surface area contributed by atoms with Crippen LogP contribution >= 0.6 is 11.6 Å². The van der Waals surface area contributed by atoms with E-state index in [-0.39, 0.29) is 11.9 Å². The monoisotopic (exact) mass is 307 g/mol. The Labute approximate surface area is 131 Å². The number of amides is 1. The number of rotatable bonds is 3. The molecule has 114 valence electrons. The van der Waals surface area contributed by atoms with Crippen molar-refractivity contribution < 1.29 is 4.79 Å². The van der Waals surface area contributed by atoms with Gasteiger partial charge in [-0.15, -0.1) is 0 Å². The molecule has 2 aliphatic rings. The zero-order chi connectivity index (χ0) is 14.7. The summed E-state index contributed by atoms with van der Waals surface area (Å²) in [6.07, 6.45) is 2.32. The summed E-state index contributed by atoms with van der Waals surface area (Å²) < 4.78 is 0. The molecule has 5 heteroatoms. The number of carbonyl (C=O) groups excluding carboxylic acids is 1. The number of likely N-dealkylation sites (tertiary alicyclic amines) is 1. The summed E-state index contributed by atoms with van der Waals surface area (Å²) in [5.74, 6) is 0.200. The number of halogens is 1.